The molecule has 0 fully saturated rings. The van der Waals surface area contributed by atoms with Gasteiger partial charge in [-0.2, -0.15) is 4.31 Å². The number of amides is 1. The predicted molar refractivity (Wildman–Crippen MR) is 106 cm³/mol. The Labute approximate surface area is 165 Å². The lowest BCUT2D eigenvalue weighted by atomic mass is 10.1. The summed E-state index contributed by atoms with van der Waals surface area (Å²) in [6.07, 6.45) is 1.56. The van der Waals surface area contributed by atoms with Gasteiger partial charge in [0, 0.05) is 18.6 Å². The zero-order valence-electron chi connectivity index (χ0n) is 15.3. The first-order valence-corrected chi connectivity index (χ1v) is 10.3. The van der Waals surface area contributed by atoms with Crippen LogP contribution in [0.1, 0.15) is 12.0 Å². The molecular formula is C19H23ClN2O4S. The number of halogens is 1. The number of benzene rings is 2. The average Bonchev–Trinajstić information content (AvgIpc) is 2.66. The van der Waals surface area contributed by atoms with Gasteiger partial charge >= 0.3 is 0 Å². The minimum absolute atomic E-state index is 0.112. The number of rotatable bonds is 9. The number of hydrogen-bond donors (Lipinski definition) is 1. The molecule has 0 radical (unpaired) electrons. The fraction of sp³-hybridized carbons (Fsp3) is 0.316. The molecule has 0 unspecified atom stereocenters. The van der Waals surface area contributed by atoms with Crippen molar-refractivity contribution in [2.24, 2.45) is 0 Å². The summed E-state index contributed by atoms with van der Waals surface area (Å²) in [6.45, 7) is 0.229. The molecule has 2 rings (SSSR count). The third-order valence-corrected chi connectivity index (χ3v) is 6.08. The van der Waals surface area contributed by atoms with Crippen molar-refractivity contribution in [2.75, 3.05) is 27.2 Å². The van der Waals surface area contributed by atoms with Crippen molar-refractivity contribution in [1.82, 2.24) is 9.62 Å². The van der Waals surface area contributed by atoms with Crippen LogP contribution in [-0.2, 0) is 21.2 Å². The molecule has 0 saturated heterocycles. The monoisotopic (exact) mass is 410 g/mol. The van der Waals surface area contributed by atoms with Crippen molar-refractivity contribution in [1.29, 1.82) is 0 Å². The van der Waals surface area contributed by atoms with E-state index >= 15 is 0 Å². The lowest BCUT2D eigenvalue weighted by Crippen LogP contribution is -2.38. The van der Waals surface area contributed by atoms with Gasteiger partial charge in [-0.3, -0.25) is 4.79 Å². The molecular weight excluding hydrogens is 388 g/mol. The molecule has 6 nitrogen and oxygen atoms in total. The topological polar surface area (TPSA) is 75.7 Å². The fourth-order valence-electron chi connectivity index (χ4n) is 2.44. The largest absolute Gasteiger partial charge is 0.497 e. The molecule has 0 heterocycles. The van der Waals surface area contributed by atoms with Crippen molar-refractivity contribution in [3.05, 3.63) is 59.1 Å². The molecule has 0 aliphatic heterocycles. The summed E-state index contributed by atoms with van der Waals surface area (Å²) in [5, 5.41) is 3.43. The summed E-state index contributed by atoms with van der Waals surface area (Å²) in [6, 6.07) is 13.6. The van der Waals surface area contributed by atoms with Crippen LogP contribution in [-0.4, -0.2) is 45.9 Å². The van der Waals surface area contributed by atoms with Crippen LogP contribution in [0.3, 0.4) is 0 Å². The average molecular weight is 411 g/mol. The highest BCUT2D eigenvalue weighted by Gasteiger charge is 2.22. The Morgan fingerprint density at radius 3 is 2.33 bits per heavy atom. The summed E-state index contributed by atoms with van der Waals surface area (Å²) in [5.74, 6) is 0.223. The molecule has 1 N–H and O–H groups in total. The molecule has 0 spiro atoms. The third kappa shape index (κ3) is 6.23. The Morgan fingerprint density at radius 1 is 1.11 bits per heavy atom. The molecule has 1 amide bonds. The van der Waals surface area contributed by atoms with Gasteiger partial charge in [0.15, 0.2) is 0 Å². The van der Waals surface area contributed by atoms with Crippen LogP contribution < -0.4 is 10.1 Å². The number of ether oxygens (including phenoxy) is 1. The van der Waals surface area contributed by atoms with Gasteiger partial charge in [0.1, 0.15) is 5.75 Å². The number of carbonyl (C=O) groups is 1. The second-order valence-electron chi connectivity index (χ2n) is 6.02. The van der Waals surface area contributed by atoms with E-state index in [1.54, 1.807) is 12.1 Å². The highest BCUT2D eigenvalue weighted by Crippen LogP contribution is 2.18. The SMILES string of the molecule is COc1ccc(S(=O)(=O)N(C)CC(=O)NCCCc2ccc(Cl)cc2)cc1. The van der Waals surface area contributed by atoms with Crippen molar-refractivity contribution < 1.29 is 17.9 Å². The Balaban J connectivity index is 1.80. The third-order valence-electron chi connectivity index (χ3n) is 4.01. The van der Waals surface area contributed by atoms with Crippen LogP contribution in [0, 0.1) is 0 Å². The van der Waals surface area contributed by atoms with Crippen molar-refractivity contribution >= 4 is 27.5 Å². The van der Waals surface area contributed by atoms with E-state index in [1.165, 1.54) is 26.3 Å². The van der Waals surface area contributed by atoms with E-state index in [2.05, 4.69) is 5.32 Å². The number of nitrogens with zero attached hydrogens (tertiary/aromatic N) is 1. The Hall–Kier alpha value is -2.09. The zero-order valence-corrected chi connectivity index (χ0v) is 16.9. The van der Waals surface area contributed by atoms with E-state index in [9.17, 15) is 13.2 Å². The van der Waals surface area contributed by atoms with E-state index < -0.39 is 10.0 Å². The van der Waals surface area contributed by atoms with Gasteiger partial charge in [0.25, 0.3) is 0 Å². The number of nitrogens with one attached hydrogen (secondary N) is 1. The second kappa shape index (κ2) is 9.73. The van der Waals surface area contributed by atoms with E-state index in [4.69, 9.17) is 16.3 Å². The van der Waals surface area contributed by atoms with E-state index in [0.717, 1.165) is 22.7 Å². The molecule has 0 atom stereocenters. The van der Waals surface area contributed by atoms with Crippen LogP contribution in [0.15, 0.2) is 53.4 Å². The smallest absolute Gasteiger partial charge is 0.243 e. The molecule has 2 aromatic carbocycles. The molecule has 0 saturated carbocycles. The van der Waals surface area contributed by atoms with Crippen LogP contribution in [0.2, 0.25) is 5.02 Å². The summed E-state index contributed by atoms with van der Waals surface area (Å²) < 4.78 is 31.1. The number of hydrogen-bond acceptors (Lipinski definition) is 4. The minimum Gasteiger partial charge on any atom is -0.497 e. The van der Waals surface area contributed by atoms with Gasteiger partial charge in [0.05, 0.1) is 18.6 Å². The van der Waals surface area contributed by atoms with Crippen LogP contribution in [0.4, 0.5) is 0 Å². The maximum Gasteiger partial charge on any atom is 0.243 e. The van der Waals surface area contributed by atoms with Gasteiger partial charge in [-0.1, -0.05) is 23.7 Å². The van der Waals surface area contributed by atoms with E-state index in [0.29, 0.717) is 17.3 Å². The van der Waals surface area contributed by atoms with Gasteiger partial charge < -0.3 is 10.1 Å². The van der Waals surface area contributed by atoms with Crippen molar-refractivity contribution in [3.8, 4) is 5.75 Å². The Kier molecular flexibility index (Phi) is 7.65. The lowest BCUT2D eigenvalue weighted by molar-refractivity contribution is -0.121. The van der Waals surface area contributed by atoms with Crippen LogP contribution in [0.5, 0.6) is 5.75 Å². The molecule has 0 aromatic heterocycles. The first-order chi connectivity index (χ1) is 12.8. The maximum absolute atomic E-state index is 12.5. The first-order valence-electron chi connectivity index (χ1n) is 8.44. The highest BCUT2D eigenvalue weighted by atomic mass is 35.5. The quantitative estimate of drug-likeness (QED) is 0.645. The van der Waals surface area contributed by atoms with E-state index in [-0.39, 0.29) is 17.3 Å². The van der Waals surface area contributed by atoms with Gasteiger partial charge in [0.2, 0.25) is 15.9 Å². The number of aryl methyl sites for hydroxylation is 1. The molecule has 27 heavy (non-hydrogen) atoms. The number of carbonyl (C=O) groups excluding carboxylic acids is 1. The number of sulfonamides is 1. The Morgan fingerprint density at radius 2 is 1.74 bits per heavy atom. The highest BCUT2D eigenvalue weighted by molar-refractivity contribution is 7.89. The van der Waals surface area contributed by atoms with Gasteiger partial charge in [-0.05, 0) is 54.8 Å². The minimum atomic E-state index is -3.73. The summed E-state index contributed by atoms with van der Waals surface area (Å²) in [5.41, 5.74) is 1.13. The second-order valence-corrected chi connectivity index (χ2v) is 8.50. The van der Waals surface area contributed by atoms with Crippen molar-refractivity contribution in [3.63, 3.8) is 0 Å². The first kappa shape index (κ1) is 21.2. The fourth-order valence-corrected chi connectivity index (χ4v) is 3.70. The van der Waals surface area contributed by atoms with Crippen LogP contribution in [0.25, 0.3) is 0 Å². The standard InChI is InChI=1S/C19H23ClN2O4S/c1-22(27(24,25)18-11-9-17(26-2)10-12-18)14-19(23)21-13-3-4-15-5-7-16(20)8-6-15/h5-12H,3-4,13-14H2,1-2H3,(H,21,23). The number of methoxy groups -OCH3 is 1. The Bertz CT molecular complexity index is 852. The van der Waals surface area contributed by atoms with Crippen molar-refractivity contribution in [2.45, 2.75) is 17.7 Å². The zero-order chi connectivity index (χ0) is 19.9. The molecule has 0 aliphatic rings. The summed E-state index contributed by atoms with van der Waals surface area (Å²) >= 11 is 5.84. The van der Waals surface area contributed by atoms with E-state index in [1.807, 2.05) is 24.3 Å². The molecule has 2 aromatic rings. The number of likely N-dealkylation sites (N-methyl/N-ethyl adjacent to an activating group) is 1. The maximum atomic E-state index is 12.5. The lowest BCUT2D eigenvalue weighted by Gasteiger charge is -2.17. The van der Waals surface area contributed by atoms with Gasteiger partial charge in [-0.25, -0.2) is 8.42 Å². The normalized spacial score (nSPS) is 11.4. The molecule has 0 aliphatic carbocycles. The molecule has 0 bridgehead atoms. The molecule has 146 valence electrons. The summed E-state index contributed by atoms with van der Waals surface area (Å²) in [4.78, 5) is 12.1. The van der Waals surface area contributed by atoms with Gasteiger partial charge in [-0.15, -0.1) is 0 Å². The molecule has 8 heteroatoms. The predicted octanol–water partition coefficient (Wildman–Crippen LogP) is 2.72. The van der Waals surface area contributed by atoms with Crippen LogP contribution >= 0.6 is 11.6 Å². The summed E-state index contributed by atoms with van der Waals surface area (Å²) in [7, 11) is -0.844.